The molecule has 0 bridgehead atoms. The van der Waals surface area contributed by atoms with E-state index in [9.17, 15) is 15.0 Å². The van der Waals surface area contributed by atoms with Crippen molar-refractivity contribution in [2.24, 2.45) is 0 Å². The number of allylic oxidation sites excluding steroid dienone is 18. The fourth-order valence-corrected chi connectivity index (χ4v) is 8.94. The van der Waals surface area contributed by atoms with Gasteiger partial charge in [-0.3, -0.25) is 4.79 Å². The molecule has 0 fully saturated rings. The van der Waals surface area contributed by atoms with E-state index in [1.807, 2.05) is 0 Å². The van der Waals surface area contributed by atoms with E-state index in [2.05, 4.69) is 129 Å². The van der Waals surface area contributed by atoms with E-state index in [0.717, 1.165) is 83.5 Å². The molecule has 0 aromatic carbocycles. The Hall–Kier alpha value is -2.95. The highest BCUT2D eigenvalue weighted by Crippen LogP contribution is 2.17. The van der Waals surface area contributed by atoms with E-state index in [1.165, 1.54) is 180 Å². The number of hydrogen-bond acceptors (Lipinski definition) is 3. The van der Waals surface area contributed by atoms with Gasteiger partial charge in [-0.25, -0.2) is 0 Å². The molecule has 408 valence electrons. The molecular weight excluding hydrogens is 867 g/mol. The molecule has 2 atom stereocenters. The molecule has 0 radical (unpaired) electrons. The quantitative estimate of drug-likeness (QED) is 0.0420. The minimum Gasteiger partial charge on any atom is -0.394 e. The average Bonchev–Trinajstić information content (AvgIpc) is 3.37. The van der Waals surface area contributed by atoms with E-state index in [4.69, 9.17) is 0 Å². The molecule has 0 aromatic rings. The normalized spacial score (nSPS) is 13.6. The van der Waals surface area contributed by atoms with Gasteiger partial charge in [-0.05, 0) is 83.5 Å². The van der Waals surface area contributed by atoms with Gasteiger partial charge in [0.2, 0.25) is 5.91 Å². The number of nitrogens with one attached hydrogen (secondary N) is 1. The molecule has 4 heteroatoms. The van der Waals surface area contributed by atoms with Crippen molar-refractivity contribution >= 4 is 5.91 Å². The van der Waals surface area contributed by atoms with Crippen LogP contribution >= 0.6 is 0 Å². The molecule has 0 spiro atoms. The van der Waals surface area contributed by atoms with Gasteiger partial charge in [0, 0.05) is 6.42 Å². The predicted molar refractivity (Wildman–Crippen MR) is 317 cm³/mol. The molecule has 0 aliphatic rings. The van der Waals surface area contributed by atoms with Crippen molar-refractivity contribution in [3.63, 3.8) is 0 Å². The highest BCUT2D eigenvalue weighted by molar-refractivity contribution is 5.76. The van der Waals surface area contributed by atoms with Gasteiger partial charge in [-0.15, -0.1) is 0 Å². The van der Waals surface area contributed by atoms with Crippen LogP contribution in [0.15, 0.2) is 109 Å². The predicted octanol–water partition coefficient (Wildman–Crippen LogP) is 20.6. The number of rotatable bonds is 55. The van der Waals surface area contributed by atoms with Gasteiger partial charge in [0.1, 0.15) is 0 Å². The summed E-state index contributed by atoms with van der Waals surface area (Å²) in [6.45, 7) is 4.26. The molecule has 3 N–H and O–H groups in total. The van der Waals surface area contributed by atoms with Crippen molar-refractivity contribution in [2.75, 3.05) is 6.61 Å². The second-order valence-corrected chi connectivity index (χ2v) is 20.4. The highest BCUT2D eigenvalue weighted by Gasteiger charge is 2.20. The molecule has 4 nitrogen and oxygen atoms in total. The van der Waals surface area contributed by atoms with Crippen molar-refractivity contribution < 1.29 is 15.0 Å². The molecule has 0 rings (SSSR count). The third-order valence-corrected chi connectivity index (χ3v) is 13.5. The summed E-state index contributed by atoms with van der Waals surface area (Å²) in [4.78, 5) is 12.5. The van der Waals surface area contributed by atoms with E-state index in [0.29, 0.717) is 12.8 Å². The molecule has 0 aromatic heterocycles. The van der Waals surface area contributed by atoms with Gasteiger partial charge in [-0.2, -0.15) is 0 Å². The molecular formula is C67H117NO3. The lowest BCUT2D eigenvalue weighted by Gasteiger charge is -2.22. The molecule has 0 heterocycles. The molecule has 0 saturated carbocycles. The summed E-state index contributed by atoms with van der Waals surface area (Å²) < 4.78 is 0. The standard InChI is InChI=1S/C67H117NO3/c1-3-5-7-9-11-13-15-17-19-21-23-24-25-26-27-28-29-30-31-32-33-34-35-36-37-38-39-40-41-42-43-44-45-47-49-51-53-55-57-59-61-63-67(71)68-65(64-69)66(70)62-60-58-56-54-52-50-48-46-22-20-18-16-14-12-10-8-6-4-2/h5,7,11,13,17,19,23-24,26-27,29-30,32-33,35-36,38-39,65-66,69-70H,3-4,6,8-10,12,14-16,18,20-22,25,28,31,34,37,40-64H2,1-2H3,(H,68,71)/b7-5-,13-11-,19-17-,24-23-,27-26-,30-29-,33-32-,36-35-,39-38-. The smallest absolute Gasteiger partial charge is 0.220 e. The summed E-state index contributed by atoms with van der Waals surface area (Å²) in [5.74, 6) is -0.0337. The van der Waals surface area contributed by atoms with E-state index in [1.54, 1.807) is 0 Å². The van der Waals surface area contributed by atoms with Gasteiger partial charge in [-0.1, -0.05) is 309 Å². The molecule has 0 aliphatic carbocycles. The average molecular weight is 985 g/mol. The zero-order valence-corrected chi connectivity index (χ0v) is 47.0. The monoisotopic (exact) mass is 984 g/mol. The van der Waals surface area contributed by atoms with Crippen molar-refractivity contribution in [3.05, 3.63) is 109 Å². The lowest BCUT2D eigenvalue weighted by Crippen LogP contribution is -2.45. The summed E-state index contributed by atoms with van der Waals surface area (Å²) >= 11 is 0. The Kier molecular flexibility index (Phi) is 58.8. The topological polar surface area (TPSA) is 69.6 Å². The van der Waals surface area contributed by atoms with E-state index in [-0.39, 0.29) is 12.5 Å². The molecule has 0 saturated heterocycles. The van der Waals surface area contributed by atoms with Crippen LogP contribution in [-0.2, 0) is 4.79 Å². The number of amides is 1. The van der Waals surface area contributed by atoms with E-state index >= 15 is 0 Å². The lowest BCUT2D eigenvalue weighted by molar-refractivity contribution is -0.123. The number of carbonyl (C=O) groups is 1. The Morgan fingerprint density at radius 3 is 0.930 bits per heavy atom. The molecule has 71 heavy (non-hydrogen) atoms. The Morgan fingerprint density at radius 2 is 0.620 bits per heavy atom. The van der Waals surface area contributed by atoms with Gasteiger partial charge in [0.05, 0.1) is 18.8 Å². The van der Waals surface area contributed by atoms with Gasteiger partial charge >= 0.3 is 0 Å². The summed E-state index contributed by atoms with van der Waals surface area (Å²) in [5, 5.41) is 23.3. The summed E-state index contributed by atoms with van der Waals surface area (Å²) in [5.41, 5.74) is 0. The number of aliphatic hydroxyl groups excluding tert-OH is 2. The van der Waals surface area contributed by atoms with E-state index < -0.39 is 12.1 Å². The zero-order chi connectivity index (χ0) is 51.3. The van der Waals surface area contributed by atoms with Crippen LogP contribution in [0.1, 0.15) is 290 Å². The second kappa shape index (κ2) is 61.4. The summed E-state index contributed by atoms with van der Waals surface area (Å²) in [6.07, 6.45) is 92.3. The number of unbranched alkanes of at least 4 members (excludes halogenated alkanes) is 30. The van der Waals surface area contributed by atoms with Crippen LogP contribution in [0.3, 0.4) is 0 Å². The van der Waals surface area contributed by atoms with Gasteiger partial charge < -0.3 is 15.5 Å². The Balaban J connectivity index is 3.53. The minimum absolute atomic E-state index is 0.0337. The Labute approximate surface area is 442 Å². The largest absolute Gasteiger partial charge is 0.394 e. The first-order valence-electron chi connectivity index (χ1n) is 30.6. The van der Waals surface area contributed by atoms with Gasteiger partial charge in [0.15, 0.2) is 0 Å². The van der Waals surface area contributed by atoms with Gasteiger partial charge in [0.25, 0.3) is 0 Å². The summed E-state index contributed by atoms with van der Waals surface area (Å²) in [7, 11) is 0. The van der Waals surface area contributed by atoms with Crippen LogP contribution in [0.25, 0.3) is 0 Å². The van der Waals surface area contributed by atoms with Crippen LogP contribution in [0.5, 0.6) is 0 Å². The zero-order valence-electron chi connectivity index (χ0n) is 47.0. The fraction of sp³-hybridized carbons (Fsp3) is 0.716. The molecule has 0 aliphatic heterocycles. The van der Waals surface area contributed by atoms with Crippen molar-refractivity contribution in [3.8, 4) is 0 Å². The van der Waals surface area contributed by atoms with Crippen molar-refractivity contribution in [2.45, 2.75) is 302 Å². The highest BCUT2D eigenvalue weighted by atomic mass is 16.3. The first-order chi connectivity index (χ1) is 35.2. The van der Waals surface area contributed by atoms with Crippen molar-refractivity contribution in [1.82, 2.24) is 5.32 Å². The maximum atomic E-state index is 12.5. The fourth-order valence-electron chi connectivity index (χ4n) is 8.94. The minimum atomic E-state index is -0.665. The van der Waals surface area contributed by atoms with Crippen LogP contribution in [-0.4, -0.2) is 34.9 Å². The molecule has 2 unspecified atom stereocenters. The van der Waals surface area contributed by atoms with Crippen LogP contribution in [0.2, 0.25) is 0 Å². The van der Waals surface area contributed by atoms with Crippen LogP contribution in [0, 0.1) is 0 Å². The Morgan fingerprint density at radius 1 is 0.352 bits per heavy atom. The summed E-state index contributed by atoms with van der Waals surface area (Å²) in [6, 6.07) is -0.543. The number of carbonyl (C=O) groups excluding carboxylic acids is 1. The SMILES string of the molecule is CC/C=C\C/C=C\C/C=C\C/C=C\C/C=C\C/C=C\C/C=C\C/C=C\C/C=C\CCCCCCCCCCCCCCCC(=O)NC(CO)C(O)CCCCCCCCCCCCCCCCCCCC. The number of hydrogen-bond donors (Lipinski definition) is 3. The maximum Gasteiger partial charge on any atom is 0.220 e. The van der Waals surface area contributed by atoms with Crippen molar-refractivity contribution in [1.29, 1.82) is 0 Å². The lowest BCUT2D eigenvalue weighted by atomic mass is 10.0. The van der Waals surface area contributed by atoms with Crippen LogP contribution in [0.4, 0.5) is 0 Å². The third-order valence-electron chi connectivity index (χ3n) is 13.5. The Bertz CT molecular complexity index is 1350. The number of aliphatic hydroxyl groups is 2. The first-order valence-corrected chi connectivity index (χ1v) is 30.6. The van der Waals surface area contributed by atoms with Crippen LogP contribution < -0.4 is 5.32 Å². The first kappa shape index (κ1) is 68.0. The second-order valence-electron chi connectivity index (χ2n) is 20.4. The third kappa shape index (κ3) is 57.8. The maximum absolute atomic E-state index is 12.5. The molecule has 1 amide bonds.